The first-order valence-electron chi connectivity index (χ1n) is 8.87. The highest BCUT2D eigenvalue weighted by Gasteiger charge is 2.21. The van der Waals surface area contributed by atoms with Crippen molar-refractivity contribution in [2.45, 2.75) is 26.3 Å². The highest BCUT2D eigenvalue weighted by Crippen LogP contribution is 2.22. The molecular formula is C21H21N3O2. The first kappa shape index (κ1) is 16.4. The zero-order valence-corrected chi connectivity index (χ0v) is 14.7. The minimum atomic E-state index is -0.116. The van der Waals surface area contributed by atoms with Crippen LogP contribution in [0.15, 0.2) is 48.5 Å². The average Bonchev–Trinajstić information content (AvgIpc) is 3.23. The van der Waals surface area contributed by atoms with Gasteiger partial charge in [-0.05, 0) is 66.8 Å². The molecule has 0 bridgehead atoms. The summed E-state index contributed by atoms with van der Waals surface area (Å²) in [6.07, 6.45) is 1.50. The van der Waals surface area contributed by atoms with Gasteiger partial charge < -0.3 is 15.2 Å². The molecule has 1 aromatic heterocycles. The lowest BCUT2D eigenvalue weighted by molar-refractivity contribution is -0.117. The van der Waals surface area contributed by atoms with Crippen LogP contribution in [0.3, 0.4) is 0 Å². The third-order valence-corrected chi connectivity index (χ3v) is 4.79. The second-order valence-corrected chi connectivity index (χ2v) is 6.75. The monoisotopic (exact) mass is 347 g/mol. The average molecular weight is 347 g/mol. The third-order valence-electron chi connectivity index (χ3n) is 4.79. The number of rotatable bonds is 4. The van der Waals surface area contributed by atoms with E-state index in [2.05, 4.69) is 22.4 Å². The van der Waals surface area contributed by atoms with E-state index in [0.717, 1.165) is 40.8 Å². The van der Waals surface area contributed by atoms with E-state index in [1.54, 1.807) is 17.0 Å². The minimum Gasteiger partial charge on any atom is -0.359 e. The van der Waals surface area contributed by atoms with E-state index >= 15 is 0 Å². The number of hydrogen-bond acceptors (Lipinski definition) is 2. The Morgan fingerprint density at radius 3 is 2.69 bits per heavy atom. The molecule has 1 aliphatic rings. The lowest BCUT2D eigenvalue weighted by Crippen LogP contribution is -2.24. The summed E-state index contributed by atoms with van der Waals surface area (Å²) < 4.78 is 0. The maximum Gasteiger partial charge on any atom is 0.251 e. The van der Waals surface area contributed by atoms with Gasteiger partial charge in [0.25, 0.3) is 5.91 Å². The van der Waals surface area contributed by atoms with Crippen molar-refractivity contribution in [2.75, 3.05) is 11.4 Å². The molecular weight excluding hydrogens is 326 g/mol. The van der Waals surface area contributed by atoms with E-state index in [9.17, 15) is 9.59 Å². The third kappa shape index (κ3) is 3.20. The zero-order valence-electron chi connectivity index (χ0n) is 14.7. The van der Waals surface area contributed by atoms with Crippen molar-refractivity contribution in [3.63, 3.8) is 0 Å². The number of aromatic amines is 1. The van der Waals surface area contributed by atoms with E-state index < -0.39 is 0 Å². The standard InChI is InChI=1S/C21H21N3O2/c1-14-11-17-12-15(4-9-19(17)23-14)13-22-21(26)16-5-7-18(8-6-16)24-10-2-3-20(24)25/h4-9,11-12,23H,2-3,10,13H2,1H3,(H,22,26). The Hall–Kier alpha value is -3.08. The smallest absolute Gasteiger partial charge is 0.251 e. The molecule has 132 valence electrons. The molecule has 5 heteroatoms. The van der Waals surface area contributed by atoms with Gasteiger partial charge in [-0.1, -0.05) is 6.07 Å². The molecule has 0 unspecified atom stereocenters. The molecule has 26 heavy (non-hydrogen) atoms. The second kappa shape index (κ2) is 6.67. The normalized spacial score (nSPS) is 14.2. The fraction of sp³-hybridized carbons (Fsp3) is 0.238. The quantitative estimate of drug-likeness (QED) is 0.758. The Kier molecular flexibility index (Phi) is 4.21. The van der Waals surface area contributed by atoms with Gasteiger partial charge in [0.15, 0.2) is 0 Å². The number of benzene rings is 2. The predicted octanol–water partition coefficient (Wildman–Crippen LogP) is 3.53. The first-order valence-corrected chi connectivity index (χ1v) is 8.87. The molecule has 3 aromatic rings. The summed E-state index contributed by atoms with van der Waals surface area (Å²) in [6, 6.07) is 15.5. The Morgan fingerprint density at radius 2 is 1.96 bits per heavy atom. The zero-order chi connectivity index (χ0) is 18.1. The van der Waals surface area contributed by atoms with Gasteiger partial charge in [0.05, 0.1) is 0 Å². The molecule has 1 fully saturated rings. The minimum absolute atomic E-state index is 0.116. The molecule has 0 saturated carbocycles. The van der Waals surface area contributed by atoms with Gasteiger partial charge in [0, 0.05) is 42.0 Å². The van der Waals surface area contributed by atoms with Crippen LogP contribution in [0.25, 0.3) is 10.9 Å². The second-order valence-electron chi connectivity index (χ2n) is 6.75. The van der Waals surface area contributed by atoms with Crippen molar-refractivity contribution < 1.29 is 9.59 Å². The maximum absolute atomic E-state index is 12.4. The number of aromatic nitrogens is 1. The Labute approximate surface area is 152 Å². The van der Waals surface area contributed by atoms with Crippen LogP contribution in [0.5, 0.6) is 0 Å². The van der Waals surface area contributed by atoms with Crippen molar-refractivity contribution in [3.05, 3.63) is 65.4 Å². The van der Waals surface area contributed by atoms with Gasteiger partial charge >= 0.3 is 0 Å². The Morgan fingerprint density at radius 1 is 1.15 bits per heavy atom. The molecule has 2 aromatic carbocycles. The number of carbonyl (C=O) groups is 2. The van der Waals surface area contributed by atoms with Crippen molar-refractivity contribution in [2.24, 2.45) is 0 Å². The molecule has 0 aliphatic carbocycles. The van der Waals surface area contributed by atoms with Gasteiger partial charge in [0.1, 0.15) is 0 Å². The van der Waals surface area contributed by atoms with E-state index in [-0.39, 0.29) is 11.8 Å². The van der Waals surface area contributed by atoms with Crippen molar-refractivity contribution in [3.8, 4) is 0 Å². The largest absolute Gasteiger partial charge is 0.359 e. The van der Waals surface area contributed by atoms with Crippen LogP contribution >= 0.6 is 0 Å². The van der Waals surface area contributed by atoms with Crippen molar-refractivity contribution in [1.29, 1.82) is 0 Å². The summed E-state index contributed by atoms with van der Waals surface area (Å²) >= 11 is 0. The molecule has 5 nitrogen and oxygen atoms in total. The maximum atomic E-state index is 12.4. The predicted molar refractivity (Wildman–Crippen MR) is 102 cm³/mol. The van der Waals surface area contributed by atoms with Crippen LogP contribution in [-0.4, -0.2) is 23.3 Å². The lowest BCUT2D eigenvalue weighted by Gasteiger charge is -2.15. The fourth-order valence-electron chi connectivity index (χ4n) is 3.44. The first-order chi connectivity index (χ1) is 12.6. The van der Waals surface area contributed by atoms with E-state index in [1.165, 1.54) is 0 Å². The van der Waals surface area contributed by atoms with E-state index in [4.69, 9.17) is 0 Å². The molecule has 4 rings (SSSR count). The summed E-state index contributed by atoms with van der Waals surface area (Å²) in [7, 11) is 0. The molecule has 1 saturated heterocycles. The number of fused-ring (bicyclic) bond motifs is 1. The molecule has 0 spiro atoms. The number of aryl methyl sites for hydroxylation is 1. The number of nitrogens with zero attached hydrogens (tertiary/aromatic N) is 1. The topological polar surface area (TPSA) is 65.2 Å². The van der Waals surface area contributed by atoms with Crippen LogP contribution < -0.4 is 10.2 Å². The number of hydrogen-bond donors (Lipinski definition) is 2. The molecule has 0 atom stereocenters. The van der Waals surface area contributed by atoms with Crippen molar-refractivity contribution in [1.82, 2.24) is 10.3 Å². The summed E-state index contributed by atoms with van der Waals surface area (Å²) in [4.78, 5) is 29.2. The van der Waals surface area contributed by atoms with E-state index in [1.807, 2.05) is 31.2 Å². The molecule has 2 amide bonds. The molecule has 0 radical (unpaired) electrons. The van der Waals surface area contributed by atoms with Crippen LogP contribution in [-0.2, 0) is 11.3 Å². The van der Waals surface area contributed by atoms with Crippen LogP contribution in [0.4, 0.5) is 5.69 Å². The summed E-state index contributed by atoms with van der Waals surface area (Å²) in [5.41, 5.74) is 4.74. The summed E-state index contributed by atoms with van der Waals surface area (Å²) in [5.74, 6) is 0.0345. The summed E-state index contributed by atoms with van der Waals surface area (Å²) in [6.45, 7) is 3.26. The number of amides is 2. The highest BCUT2D eigenvalue weighted by atomic mass is 16.2. The van der Waals surface area contributed by atoms with Gasteiger partial charge in [0.2, 0.25) is 5.91 Å². The van der Waals surface area contributed by atoms with Crippen LogP contribution in [0.1, 0.15) is 34.5 Å². The van der Waals surface area contributed by atoms with Crippen molar-refractivity contribution >= 4 is 28.4 Å². The van der Waals surface area contributed by atoms with Gasteiger partial charge in [-0.25, -0.2) is 0 Å². The van der Waals surface area contributed by atoms with Crippen LogP contribution in [0.2, 0.25) is 0 Å². The Bertz CT molecular complexity index is 973. The van der Waals surface area contributed by atoms with Gasteiger partial charge in [-0.15, -0.1) is 0 Å². The lowest BCUT2D eigenvalue weighted by atomic mass is 10.1. The number of carbonyl (C=O) groups excluding carboxylic acids is 2. The SMILES string of the molecule is Cc1cc2cc(CNC(=O)c3ccc(N4CCCC4=O)cc3)ccc2[nH]1. The van der Waals surface area contributed by atoms with Gasteiger partial charge in [-0.2, -0.15) is 0 Å². The molecule has 2 heterocycles. The molecule has 2 N–H and O–H groups in total. The highest BCUT2D eigenvalue weighted by molar-refractivity contribution is 5.97. The van der Waals surface area contributed by atoms with Crippen LogP contribution in [0, 0.1) is 6.92 Å². The number of H-pyrrole nitrogens is 1. The number of nitrogens with one attached hydrogen (secondary N) is 2. The Balaban J connectivity index is 1.41. The molecule has 1 aliphatic heterocycles. The van der Waals surface area contributed by atoms with E-state index in [0.29, 0.717) is 18.5 Å². The summed E-state index contributed by atoms with van der Waals surface area (Å²) in [5, 5.41) is 4.10. The fourth-order valence-corrected chi connectivity index (χ4v) is 3.44. The van der Waals surface area contributed by atoms with Gasteiger partial charge in [-0.3, -0.25) is 9.59 Å². The number of anilines is 1.